The fraction of sp³-hybridized carbons (Fsp3) is 0.609. The number of allylic oxidation sites excluding steroid dienone is 1. The van der Waals surface area contributed by atoms with Gasteiger partial charge in [-0.25, -0.2) is 24.5 Å². The standard InChI is InChI=1S/C23H29N5O11/c1-4-9(6-29)21(31)38-17-13(30)15(22(32)35-3)37-11-5-10-14(39-23(11,17)33)16(34-2)20(36-10)28-8-27-12-18(24)25-7-26-19(12)28/h4,7-8,10-11,13-17,20,29-30,33H,5-6H2,1-3H3,(H2,24,25,26)/b9-4+/t10?,11?,13-,14?,15+,16+,17+,20+,23-/m1/s1. The Hall–Kier alpha value is -3.25. The summed E-state index contributed by atoms with van der Waals surface area (Å²) in [5.41, 5.74) is 6.50. The van der Waals surface area contributed by atoms with Gasteiger partial charge in [-0.05, 0) is 6.92 Å². The highest BCUT2D eigenvalue weighted by molar-refractivity contribution is 5.89. The Balaban J connectivity index is 1.50. The molecule has 212 valence electrons. The highest BCUT2D eigenvalue weighted by Gasteiger charge is 2.67. The summed E-state index contributed by atoms with van der Waals surface area (Å²) in [7, 11) is 2.51. The van der Waals surface area contributed by atoms with Crippen molar-refractivity contribution in [3.8, 4) is 0 Å². The third-order valence-electron chi connectivity index (χ3n) is 7.24. The van der Waals surface area contributed by atoms with Crippen LogP contribution < -0.4 is 5.73 Å². The minimum absolute atomic E-state index is 0.0496. The van der Waals surface area contributed by atoms with Crippen molar-refractivity contribution in [3.05, 3.63) is 24.3 Å². The Kier molecular flexibility index (Phi) is 7.27. The zero-order chi connectivity index (χ0) is 28.1. The molecule has 0 spiro atoms. The van der Waals surface area contributed by atoms with Gasteiger partial charge < -0.3 is 49.5 Å². The molecule has 2 aromatic rings. The van der Waals surface area contributed by atoms with E-state index >= 15 is 0 Å². The van der Waals surface area contributed by atoms with Crippen molar-refractivity contribution in [2.75, 3.05) is 26.6 Å². The van der Waals surface area contributed by atoms with Gasteiger partial charge in [0.2, 0.25) is 5.79 Å². The number of anilines is 1. The zero-order valence-electron chi connectivity index (χ0n) is 21.2. The van der Waals surface area contributed by atoms with Gasteiger partial charge in [-0.2, -0.15) is 0 Å². The maximum atomic E-state index is 12.7. The van der Waals surface area contributed by atoms with Gasteiger partial charge in [0, 0.05) is 13.5 Å². The van der Waals surface area contributed by atoms with E-state index in [0.717, 1.165) is 7.11 Å². The van der Waals surface area contributed by atoms with Gasteiger partial charge in [-0.1, -0.05) is 6.08 Å². The maximum Gasteiger partial charge on any atom is 0.337 e. The van der Waals surface area contributed by atoms with E-state index < -0.39 is 73.3 Å². The van der Waals surface area contributed by atoms with Crippen LogP contribution in [0.3, 0.4) is 0 Å². The lowest BCUT2D eigenvalue weighted by Crippen LogP contribution is -2.73. The number of nitrogens with two attached hydrogens (primary N) is 1. The predicted octanol–water partition coefficient (Wildman–Crippen LogP) is -2.05. The third kappa shape index (κ3) is 4.33. The largest absolute Gasteiger partial charge is 0.467 e. The minimum atomic E-state index is -2.44. The second-order valence-corrected chi connectivity index (χ2v) is 9.28. The van der Waals surface area contributed by atoms with E-state index in [2.05, 4.69) is 15.0 Å². The number of carbonyl (C=O) groups excluding carboxylic acids is 2. The van der Waals surface area contributed by atoms with Gasteiger partial charge in [0.15, 0.2) is 29.9 Å². The van der Waals surface area contributed by atoms with Crippen molar-refractivity contribution in [1.82, 2.24) is 19.5 Å². The molecule has 16 heteroatoms. The number of ether oxygens (including phenoxy) is 6. The van der Waals surface area contributed by atoms with Crippen molar-refractivity contribution in [3.63, 3.8) is 0 Å². The smallest absolute Gasteiger partial charge is 0.337 e. The number of rotatable bonds is 6. The van der Waals surface area contributed by atoms with Crippen molar-refractivity contribution < 1.29 is 53.3 Å². The molecule has 39 heavy (non-hydrogen) atoms. The van der Waals surface area contributed by atoms with Crippen LogP contribution in [-0.4, -0.2) is 116 Å². The van der Waals surface area contributed by atoms with Crippen molar-refractivity contribution in [1.29, 1.82) is 0 Å². The number of hydrogen-bond acceptors (Lipinski definition) is 15. The van der Waals surface area contributed by atoms with Crippen LogP contribution in [0.2, 0.25) is 0 Å². The maximum absolute atomic E-state index is 12.7. The summed E-state index contributed by atoms with van der Waals surface area (Å²) in [4.78, 5) is 37.6. The van der Waals surface area contributed by atoms with Gasteiger partial charge in [0.1, 0.15) is 36.3 Å². The minimum Gasteiger partial charge on any atom is -0.467 e. The van der Waals surface area contributed by atoms with E-state index in [1.165, 1.54) is 32.8 Å². The molecular formula is C23H29N5O11. The summed E-state index contributed by atoms with van der Waals surface area (Å²) in [5.74, 6) is -4.25. The predicted molar refractivity (Wildman–Crippen MR) is 126 cm³/mol. The fourth-order valence-electron chi connectivity index (χ4n) is 5.24. The zero-order valence-corrected chi connectivity index (χ0v) is 21.2. The molecule has 3 aliphatic heterocycles. The molecule has 0 aliphatic carbocycles. The molecule has 16 nitrogen and oxygen atoms in total. The van der Waals surface area contributed by atoms with Crippen LogP contribution in [0.5, 0.6) is 0 Å². The number of nitrogens with zero attached hydrogens (tertiary/aromatic N) is 4. The van der Waals surface area contributed by atoms with E-state index in [1.807, 2.05) is 0 Å². The Morgan fingerprint density at radius 1 is 1.28 bits per heavy atom. The highest BCUT2D eigenvalue weighted by atomic mass is 16.7. The summed E-state index contributed by atoms with van der Waals surface area (Å²) in [5, 5.41) is 32.3. The number of hydrogen-bond donors (Lipinski definition) is 4. The lowest BCUT2D eigenvalue weighted by atomic mass is 9.84. The molecular weight excluding hydrogens is 522 g/mol. The van der Waals surface area contributed by atoms with E-state index in [9.17, 15) is 24.9 Å². The van der Waals surface area contributed by atoms with Crippen molar-refractivity contribution in [2.24, 2.45) is 0 Å². The van der Waals surface area contributed by atoms with Crippen LogP contribution in [0.1, 0.15) is 19.6 Å². The number of methoxy groups -OCH3 is 2. The van der Waals surface area contributed by atoms with Crippen LogP contribution in [0, 0.1) is 0 Å². The summed E-state index contributed by atoms with van der Waals surface area (Å²) in [6, 6.07) is 0. The molecule has 3 unspecified atom stereocenters. The van der Waals surface area contributed by atoms with Crippen molar-refractivity contribution in [2.45, 2.75) is 68.1 Å². The molecule has 0 radical (unpaired) electrons. The number of carbonyl (C=O) groups is 2. The average molecular weight is 552 g/mol. The van der Waals surface area contributed by atoms with Crippen LogP contribution in [0.25, 0.3) is 11.2 Å². The van der Waals surface area contributed by atoms with E-state index in [1.54, 1.807) is 4.57 Å². The topological polar surface area (TPSA) is 220 Å². The normalized spacial score (nSPS) is 36.3. The molecule has 3 fully saturated rings. The first-order valence-corrected chi connectivity index (χ1v) is 12.1. The molecule has 0 saturated carbocycles. The van der Waals surface area contributed by atoms with Crippen LogP contribution in [-0.2, 0) is 38.0 Å². The van der Waals surface area contributed by atoms with Gasteiger partial charge >= 0.3 is 11.9 Å². The molecule has 2 aromatic heterocycles. The summed E-state index contributed by atoms with van der Waals surface area (Å²) in [6.45, 7) is 0.845. The molecule has 0 amide bonds. The molecule has 3 saturated heterocycles. The number of nitrogen functional groups attached to an aromatic ring is 1. The second kappa shape index (κ2) is 10.4. The SMILES string of the molecule is C/C=C(\CO)C(=O)O[C@H]1[C@H](O)[C@@H](C(=O)OC)OC2CC3O[C@H](n4cnc5c(N)ncnc54)[C@@H](OC)C3O[C@]21O. The molecule has 0 aromatic carbocycles. The lowest BCUT2D eigenvalue weighted by Gasteiger charge is -2.52. The first-order chi connectivity index (χ1) is 18.7. The Bertz CT molecular complexity index is 1290. The molecule has 9 atom stereocenters. The Morgan fingerprint density at radius 2 is 2.05 bits per heavy atom. The summed E-state index contributed by atoms with van der Waals surface area (Å²) in [6.07, 6.45) is -6.01. The number of fused-ring (bicyclic) bond motifs is 3. The molecule has 0 bridgehead atoms. The fourth-order valence-corrected chi connectivity index (χ4v) is 5.24. The van der Waals surface area contributed by atoms with E-state index in [-0.39, 0.29) is 17.8 Å². The second-order valence-electron chi connectivity index (χ2n) is 9.28. The number of aliphatic hydroxyl groups is 3. The number of esters is 2. The number of aliphatic hydroxyl groups excluding tert-OH is 2. The summed E-state index contributed by atoms with van der Waals surface area (Å²) >= 11 is 0. The monoisotopic (exact) mass is 551 g/mol. The van der Waals surface area contributed by atoms with E-state index in [0.29, 0.717) is 11.2 Å². The quantitative estimate of drug-likeness (QED) is 0.224. The average Bonchev–Trinajstić information content (AvgIpc) is 3.51. The molecule has 5 rings (SSSR count). The number of imidazole rings is 1. The molecule has 5 N–H and O–H groups in total. The van der Waals surface area contributed by atoms with Gasteiger partial charge in [-0.15, -0.1) is 0 Å². The Morgan fingerprint density at radius 3 is 2.72 bits per heavy atom. The van der Waals surface area contributed by atoms with Gasteiger partial charge in [0.25, 0.3) is 0 Å². The first-order valence-electron chi connectivity index (χ1n) is 12.1. The molecule has 5 heterocycles. The van der Waals surface area contributed by atoms with E-state index in [4.69, 9.17) is 34.2 Å². The summed E-state index contributed by atoms with van der Waals surface area (Å²) < 4.78 is 35.5. The molecule has 3 aliphatic rings. The highest BCUT2D eigenvalue weighted by Crippen LogP contribution is 2.47. The number of aromatic nitrogens is 4. The van der Waals surface area contributed by atoms with Crippen LogP contribution >= 0.6 is 0 Å². The third-order valence-corrected chi connectivity index (χ3v) is 7.24. The van der Waals surface area contributed by atoms with Crippen LogP contribution in [0.15, 0.2) is 24.3 Å². The van der Waals surface area contributed by atoms with Crippen LogP contribution in [0.4, 0.5) is 5.82 Å². The van der Waals surface area contributed by atoms with Crippen molar-refractivity contribution >= 4 is 28.9 Å². The van der Waals surface area contributed by atoms with Gasteiger partial charge in [0.05, 0.1) is 31.7 Å². The van der Waals surface area contributed by atoms with Gasteiger partial charge in [-0.3, -0.25) is 4.57 Å². The Labute approximate surface area is 221 Å². The lowest BCUT2D eigenvalue weighted by molar-refractivity contribution is -0.397. The first kappa shape index (κ1) is 27.3.